The van der Waals surface area contributed by atoms with Gasteiger partial charge in [0.25, 0.3) is 0 Å². The molecule has 1 rings (SSSR count). The van der Waals surface area contributed by atoms with E-state index in [1.165, 1.54) is 12.1 Å². The second-order valence-electron chi connectivity index (χ2n) is 3.71. The molecule has 20 heavy (non-hydrogen) atoms. The lowest BCUT2D eigenvalue weighted by Gasteiger charge is -2.10. The van der Waals surface area contributed by atoms with E-state index < -0.39 is 40.0 Å². The minimum atomic E-state index is -4.48. The summed E-state index contributed by atoms with van der Waals surface area (Å²) in [5.74, 6) is -1.34. The Kier molecular flexibility index (Phi) is 5.16. The third kappa shape index (κ3) is 4.76. The Morgan fingerprint density at radius 1 is 1.35 bits per heavy atom. The topological polar surface area (TPSA) is 83.5 Å². The lowest BCUT2D eigenvalue weighted by molar-refractivity contribution is -0.132. The van der Waals surface area contributed by atoms with E-state index in [-0.39, 0.29) is 10.0 Å². The second kappa shape index (κ2) is 6.10. The number of aromatic carboxylic acids is 1. The van der Waals surface area contributed by atoms with Gasteiger partial charge in [0.2, 0.25) is 10.0 Å². The summed E-state index contributed by atoms with van der Waals surface area (Å²) in [6.45, 7) is -0.824. The van der Waals surface area contributed by atoms with Crippen LogP contribution in [0.2, 0.25) is 0 Å². The van der Waals surface area contributed by atoms with Crippen LogP contribution in [-0.4, -0.2) is 32.2 Å². The maximum absolute atomic E-state index is 12.0. The fraction of sp³-hybridized carbons (Fsp3) is 0.300. The van der Waals surface area contributed by atoms with E-state index in [4.69, 9.17) is 5.11 Å². The highest BCUT2D eigenvalue weighted by Crippen LogP contribution is 2.24. The number of sulfonamides is 1. The molecule has 0 heterocycles. The highest BCUT2D eigenvalue weighted by molar-refractivity contribution is 9.10. The van der Waals surface area contributed by atoms with E-state index in [0.29, 0.717) is 0 Å². The van der Waals surface area contributed by atoms with Gasteiger partial charge in [-0.3, -0.25) is 0 Å². The quantitative estimate of drug-likeness (QED) is 0.827. The lowest BCUT2D eigenvalue weighted by Crippen LogP contribution is -2.28. The first-order valence-corrected chi connectivity index (χ1v) is 7.40. The van der Waals surface area contributed by atoms with Crippen molar-refractivity contribution < 1.29 is 31.5 Å². The van der Waals surface area contributed by atoms with Crippen LogP contribution in [0.25, 0.3) is 0 Å². The van der Waals surface area contributed by atoms with Crippen LogP contribution in [0.1, 0.15) is 16.8 Å². The van der Waals surface area contributed by atoms with E-state index in [9.17, 15) is 26.4 Å². The predicted molar refractivity (Wildman–Crippen MR) is 67.0 cm³/mol. The molecule has 0 bridgehead atoms. The largest absolute Gasteiger partial charge is 0.478 e. The third-order valence-electron chi connectivity index (χ3n) is 2.17. The Morgan fingerprint density at radius 3 is 2.45 bits per heavy atom. The number of benzene rings is 1. The Labute approximate surface area is 121 Å². The fourth-order valence-corrected chi connectivity index (χ4v) is 3.27. The fourth-order valence-electron chi connectivity index (χ4n) is 1.25. The molecule has 0 saturated carbocycles. The van der Waals surface area contributed by atoms with Crippen LogP contribution in [0.15, 0.2) is 27.6 Å². The normalized spacial score (nSPS) is 12.4. The van der Waals surface area contributed by atoms with Crippen molar-refractivity contribution >= 4 is 31.9 Å². The summed E-state index contributed by atoms with van der Waals surface area (Å²) < 4.78 is 61.3. The molecule has 0 unspecified atom stereocenters. The first kappa shape index (κ1) is 16.9. The van der Waals surface area contributed by atoms with Crippen LogP contribution in [0, 0.1) is 0 Å². The number of carboxylic acids is 1. The highest BCUT2D eigenvalue weighted by Gasteiger charge is 2.28. The van der Waals surface area contributed by atoms with Gasteiger partial charge in [-0.2, -0.15) is 13.2 Å². The van der Waals surface area contributed by atoms with Gasteiger partial charge in [0.15, 0.2) is 0 Å². The molecular formula is C10H9BrF3NO4S. The first-order valence-electron chi connectivity index (χ1n) is 5.12. The van der Waals surface area contributed by atoms with Gasteiger partial charge in [-0.05, 0) is 34.1 Å². The van der Waals surface area contributed by atoms with Gasteiger partial charge < -0.3 is 5.11 Å². The molecule has 1 aromatic carbocycles. The van der Waals surface area contributed by atoms with E-state index in [0.717, 1.165) is 6.07 Å². The molecule has 112 valence electrons. The van der Waals surface area contributed by atoms with Gasteiger partial charge in [0.1, 0.15) is 0 Å². The van der Waals surface area contributed by atoms with Crippen LogP contribution in [0.5, 0.6) is 0 Å². The van der Waals surface area contributed by atoms with Gasteiger partial charge in [0.05, 0.1) is 16.9 Å². The van der Waals surface area contributed by atoms with E-state index >= 15 is 0 Å². The number of hydrogen-bond acceptors (Lipinski definition) is 3. The molecule has 0 radical (unpaired) electrons. The molecule has 1 aromatic rings. The minimum absolute atomic E-state index is 0.0574. The van der Waals surface area contributed by atoms with Gasteiger partial charge in [-0.15, -0.1) is 0 Å². The number of carboxylic acid groups (broad SMARTS) is 1. The Bertz CT molecular complexity index is 615. The maximum Gasteiger partial charge on any atom is 0.390 e. The van der Waals surface area contributed by atoms with Gasteiger partial charge >= 0.3 is 12.1 Å². The zero-order valence-corrected chi connectivity index (χ0v) is 12.1. The van der Waals surface area contributed by atoms with Crippen molar-refractivity contribution in [3.8, 4) is 0 Å². The number of hydrogen-bond donors (Lipinski definition) is 2. The smallest absolute Gasteiger partial charge is 0.390 e. The van der Waals surface area contributed by atoms with Crippen molar-refractivity contribution in [3.05, 3.63) is 28.2 Å². The zero-order chi connectivity index (χ0) is 15.6. The van der Waals surface area contributed by atoms with Crippen molar-refractivity contribution in [1.29, 1.82) is 0 Å². The van der Waals surface area contributed by atoms with Crippen LogP contribution in [-0.2, 0) is 10.0 Å². The molecule has 10 heteroatoms. The summed E-state index contributed by atoms with van der Waals surface area (Å²) in [6.07, 6.45) is -5.80. The van der Waals surface area contributed by atoms with E-state index in [1.54, 1.807) is 4.72 Å². The molecule has 2 N–H and O–H groups in total. The summed E-state index contributed by atoms with van der Waals surface area (Å²) in [7, 11) is -4.23. The minimum Gasteiger partial charge on any atom is -0.478 e. The zero-order valence-electron chi connectivity index (χ0n) is 9.74. The van der Waals surface area contributed by atoms with Crippen LogP contribution < -0.4 is 4.72 Å². The van der Waals surface area contributed by atoms with E-state index in [2.05, 4.69) is 15.9 Å². The molecule has 0 saturated heterocycles. The average molecular weight is 376 g/mol. The third-order valence-corrected chi connectivity index (χ3v) is 4.62. The molecular weight excluding hydrogens is 367 g/mol. The van der Waals surface area contributed by atoms with Gasteiger partial charge in [-0.25, -0.2) is 17.9 Å². The van der Waals surface area contributed by atoms with Crippen molar-refractivity contribution in [2.24, 2.45) is 0 Å². The maximum atomic E-state index is 12.0. The number of rotatable bonds is 5. The molecule has 0 amide bonds. The molecule has 0 aliphatic heterocycles. The van der Waals surface area contributed by atoms with Crippen molar-refractivity contribution in [2.75, 3.05) is 6.54 Å². The SMILES string of the molecule is O=C(O)c1ccc(Br)c(S(=O)(=O)NCCC(F)(F)F)c1. The highest BCUT2D eigenvalue weighted by atomic mass is 79.9. The number of alkyl halides is 3. The molecule has 0 fully saturated rings. The number of halogens is 4. The van der Waals surface area contributed by atoms with Gasteiger partial charge in [-0.1, -0.05) is 0 Å². The van der Waals surface area contributed by atoms with Crippen molar-refractivity contribution in [3.63, 3.8) is 0 Å². The summed E-state index contributed by atoms with van der Waals surface area (Å²) in [5.41, 5.74) is -0.288. The lowest BCUT2D eigenvalue weighted by atomic mass is 10.2. The first-order chi connectivity index (χ1) is 9.03. The van der Waals surface area contributed by atoms with Crippen molar-refractivity contribution in [2.45, 2.75) is 17.5 Å². The summed E-state index contributed by atoms with van der Waals surface area (Å²) in [4.78, 5) is 10.3. The molecule has 5 nitrogen and oxygen atoms in total. The predicted octanol–water partition coefficient (Wildman–Crippen LogP) is 2.38. The average Bonchev–Trinajstić information content (AvgIpc) is 2.26. The Balaban J connectivity index is 2.97. The van der Waals surface area contributed by atoms with Gasteiger partial charge in [0, 0.05) is 11.0 Å². The van der Waals surface area contributed by atoms with Crippen LogP contribution in [0.3, 0.4) is 0 Å². The van der Waals surface area contributed by atoms with Crippen molar-refractivity contribution in [1.82, 2.24) is 4.72 Å². The molecule has 0 aliphatic carbocycles. The number of carbonyl (C=O) groups is 1. The molecule has 0 aromatic heterocycles. The van der Waals surface area contributed by atoms with Crippen LogP contribution >= 0.6 is 15.9 Å². The van der Waals surface area contributed by atoms with E-state index in [1.807, 2.05) is 0 Å². The molecule has 0 spiro atoms. The van der Waals surface area contributed by atoms with Crippen LogP contribution in [0.4, 0.5) is 13.2 Å². The summed E-state index contributed by atoms with van der Waals surface area (Å²) in [6, 6.07) is 3.23. The summed E-state index contributed by atoms with van der Waals surface area (Å²) >= 11 is 2.91. The Morgan fingerprint density at radius 2 is 1.95 bits per heavy atom. The standard InChI is InChI=1S/C10H9BrF3NO4S/c11-7-2-1-6(9(16)17)5-8(7)20(18,19)15-4-3-10(12,13)14/h1-2,5,15H,3-4H2,(H,16,17). The summed E-state index contributed by atoms with van der Waals surface area (Å²) in [5, 5.41) is 8.77. The molecule has 0 atom stereocenters. The second-order valence-corrected chi connectivity index (χ2v) is 6.30. The molecule has 0 aliphatic rings. The number of nitrogens with one attached hydrogen (secondary N) is 1. The monoisotopic (exact) mass is 375 g/mol. The Hall–Kier alpha value is -1.13.